The van der Waals surface area contributed by atoms with Crippen LogP contribution in [0.15, 0.2) is 4.99 Å². The van der Waals surface area contributed by atoms with E-state index in [4.69, 9.17) is 0 Å². The first-order chi connectivity index (χ1) is 8.11. The van der Waals surface area contributed by atoms with E-state index >= 15 is 0 Å². The molecule has 0 aromatic heterocycles. The van der Waals surface area contributed by atoms with E-state index in [2.05, 4.69) is 38.0 Å². The molecule has 0 aliphatic carbocycles. The van der Waals surface area contributed by atoms with Gasteiger partial charge in [0.25, 0.3) is 0 Å². The third-order valence-electron chi connectivity index (χ3n) is 3.18. The van der Waals surface area contributed by atoms with Crippen molar-refractivity contribution >= 4 is 16.9 Å². The predicted octanol–water partition coefficient (Wildman–Crippen LogP) is 4.20. The zero-order valence-electron chi connectivity index (χ0n) is 11.8. The molecule has 3 unspecified atom stereocenters. The third kappa shape index (κ3) is 6.35. The van der Waals surface area contributed by atoms with Gasteiger partial charge in [0.2, 0.25) is 0 Å². The summed E-state index contributed by atoms with van der Waals surface area (Å²) in [6.07, 6.45) is 7.87. The first-order valence-corrected chi connectivity index (χ1v) is 8.00. The van der Waals surface area contributed by atoms with Gasteiger partial charge in [-0.2, -0.15) is 0 Å². The molecule has 1 heterocycles. The van der Waals surface area contributed by atoms with E-state index in [1.165, 1.54) is 43.7 Å². The minimum Gasteiger partial charge on any atom is -0.362 e. The Kier molecular flexibility index (Phi) is 7.02. The van der Waals surface area contributed by atoms with Crippen molar-refractivity contribution in [2.75, 3.05) is 0 Å². The topological polar surface area (TPSA) is 24.4 Å². The van der Waals surface area contributed by atoms with Crippen LogP contribution in [-0.4, -0.2) is 22.5 Å². The van der Waals surface area contributed by atoms with Gasteiger partial charge in [-0.05, 0) is 26.7 Å². The van der Waals surface area contributed by atoms with Crippen molar-refractivity contribution in [2.45, 2.75) is 83.6 Å². The molecule has 0 spiro atoms. The van der Waals surface area contributed by atoms with Gasteiger partial charge >= 0.3 is 0 Å². The number of hydrogen-bond donors (Lipinski definition) is 1. The molecular formula is C14H28N2S. The Labute approximate surface area is 111 Å². The molecule has 0 saturated heterocycles. The molecule has 3 atom stereocenters. The van der Waals surface area contributed by atoms with E-state index < -0.39 is 0 Å². The van der Waals surface area contributed by atoms with Gasteiger partial charge in [0, 0.05) is 11.3 Å². The Morgan fingerprint density at radius 1 is 1.35 bits per heavy atom. The van der Waals surface area contributed by atoms with Crippen molar-refractivity contribution in [3.05, 3.63) is 0 Å². The lowest BCUT2D eigenvalue weighted by Gasteiger charge is -2.25. The Morgan fingerprint density at radius 2 is 2.12 bits per heavy atom. The molecule has 0 fully saturated rings. The Hall–Kier alpha value is -0.180. The van der Waals surface area contributed by atoms with Crippen LogP contribution in [0.2, 0.25) is 0 Å². The van der Waals surface area contributed by atoms with E-state index in [0.29, 0.717) is 17.3 Å². The molecular weight excluding hydrogens is 228 g/mol. The van der Waals surface area contributed by atoms with Gasteiger partial charge in [0.1, 0.15) is 0 Å². The SMILES string of the molecule is CCCCCCC(C)NC1=NC(C)CC(C)S1. The molecule has 1 aliphatic heterocycles. The smallest absolute Gasteiger partial charge is 0.157 e. The summed E-state index contributed by atoms with van der Waals surface area (Å²) in [6, 6.07) is 1.05. The van der Waals surface area contributed by atoms with E-state index in [1.54, 1.807) is 0 Å². The standard InChI is InChI=1S/C14H28N2S/c1-5-6-7-8-9-11(2)15-14-16-12(3)10-13(4)17-14/h11-13H,5-10H2,1-4H3,(H,15,16). The molecule has 0 saturated carbocycles. The number of nitrogens with zero attached hydrogens (tertiary/aromatic N) is 1. The highest BCUT2D eigenvalue weighted by atomic mass is 32.2. The summed E-state index contributed by atoms with van der Waals surface area (Å²) in [7, 11) is 0. The fraction of sp³-hybridized carbons (Fsp3) is 0.929. The van der Waals surface area contributed by atoms with Crippen LogP contribution >= 0.6 is 11.8 Å². The lowest BCUT2D eigenvalue weighted by molar-refractivity contribution is 0.542. The summed E-state index contributed by atoms with van der Waals surface area (Å²) in [6.45, 7) is 9.05. The van der Waals surface area contributed by atoms with E-state index in [9.17, 15) is 0 Å². The zero-order valence-corrected chi connectivity index (χ0v) is 12.6. The summed E-state index contributed by atoms with van der Waals surface area (Å²) in [4.78, 5) is 4.69. The van der Waals surface area contributed by atoms with Gasteiger partial charge < -0.3 is 5.32 Å². The van der Waals surface area contributed by atoms with Crippen LogP contribution in [0.5, 0.6) is 0 Å². The van der Waals surface area contributed by atoms with Crippen molar-refractivity contribution in [3.8, 4) is 0 Å². The summed E-state index contributed by atoms with van der Waals surface area (Å²) in [5.74, 6) is 0. The first kappa shape index (κ1) is 14.9. The number of hydrogen-bond acceptors (Lipinski definition) is 3. The maximum Gasteiger partial charge on any atom is 0.157 e. The summed E-state index contributed by atoms with van der Waals surface area (Å²) >= 11 is 1.90. The lowest BCUT2D eigenvalue weighted by atomic mass is 10.1. The van der Waals surface area contributed by atoms with Crippen LogP contribution in [0.4, 0.5) is 0 Å². The Bertz CT molecular complexity index is 240. The van der Waals surface area contributed by atoms with E-state index in [0.717, 1.165) is 0 Å². The number of rotatable bonds is 6. The van der Waals surface area contributed by atoms with Crippen LogP contribution in [0.25, 0.3) is 0 Å². The normalized spacial score (nSPS) is 26.5. The van der Waals surface area contributed by atoms with Gasteiger partial charge in [-0.1, -0.05) is 51.3 Å². The van der Waals surface area contributed by atoms with Crippen LogP contribution in [0.3, 0.4) is 0 Å². The highest BCUT2D eigenvalue weighted by molar-refractivity contribution is 8.14. The van der Waals surface area contributed by atoms with Crippen molar-refractivity contribution in [3.63, 3.8) is 0 Å². The van der Waals surface area contributed by atoms with Crippen molar-refractivity contribution in [2.24, 2.45) is 4.99 Å². The second kappa shape index (κ2) is 8.02. The van der Waals surface area contributed by atoms with Crippen molar-refractivity contribution in [1.29, 1.82) is 0 Å². The number of aliphatic imine (C=N–C) groups is 1. The van der Waals surface area contributed by atoms with Crippen molar-refractivity contribution in [1.82, 2.24) is 5.32 Å². The number of unbranched alkanes of at least 4 members (excludes halogenated alkanes) is 3. The minimum atomic E-state index is 0.487. The molecule has 0 aromatic rings. The molecule has 1 rings (SSSR count). The highest BCUT2D eigenvalue weighted by Crippen LogP contribution is 2.24. The first-order valence-electron chi connectivity index (χ1n) is 7.12. The second-order valence-electron chi connectivity index (χ2n) is 5.34. The number of thioether (sulfide) groups is 1. The third-order valence-corrected chi connectivity index (χ3v) is 4.23. The predicted molar refractivity (Wildman–Crippen MR) is 79.9 cm³/mol. The van der Waals surface area contributed by atoms with E-state index in [-0.39, 0.29) is 0 Å². The van der Waals surface area contributed by atoms with Gasteiger partial charge in [0.05, 0.1) is 6.04 Å². The summed E-state index contributed by atoms with van der Waals surface area (Å²) in [5, 5.41) is 5.44. The van der Waals surface area contributed by atoms with Gasteiger partial charge in [-0.15, -0.1) is 0 Å². The average molecular weight is 256 g/mol. The van der Waals surface area contributed by atoms with E-state index in [1.807, 2.05) is 11.8 Å². The fourth-order valence-electron chi connectivity index (χ4n) is 2.23. The Morgan fingerprint density at radius 3 is 2.76 bits per heavy atom. The molecule has 2 nitrogen and oxygen atoms in total. The Balaban J connectivity index is 2.23. The summed E-state index contributed by atoms with van der Waals surface area (Å²) < 4.78 is 0. The van der Waals surface area contributed by atoms with Gasteiger partial charge in [0.15, 0.2) is 5.17 Å². The number of nitrogens with one attached hydrogen (secondary N) is 1. The van der Waals surface area contributed by atoms with Gasteiger partial charge in [-0.25, -0.2) is 0 Å². The number of amidine groups is 1. The molecule has 0 bridgehead atoms. The summed E-state index contributed by atoms with van der Waals surface area (Å²) in [5.41, 5.74) is 0. The monoisotopic (exact) mass is 256 g/mol. The van der Waals surface area contributed by atoms with Crippen LogP contribution in [-0.2, 0) is 0 Å². The fourth-order valence-corrected chi connectivity index (χ4v) is 3.50. The highest BCUT2D eigenvalue weighted by Gasteiger charge is 2.19. The molecule has 17 heavy (non-hydrogen) atoms. The van der Waals surface area contributed by atoms with Gasteiger partial charge in [-0.3, -0.25) is 4.99 Å². The van der Waals surface area contributed by atoms with Crippen molar-refractivity contribution < 1.29 is 0 Å². The molecule has 0 aromatic carbocycles. The maximum absolute atomic E-state index is 4.69. The largest absolute Gasteiger partial charge is 0.362 e. The molecule has 1 N–H and O–H groups in total. The molecule has 0 radical (unpaired) electrons. The molecule has 1 aliphatic rings. The van der Waals surface area contributed by atoms with Crippen LogP contribution in [0, 0.1) is 0 Å². The van der Waals surface area contributed by atoms with Crippen LogP contribution < -0.4 is 5.32 Å². The average Bonchev–Trinajstić information content (AvgIpc) is 2.23. The quantitative estimate of drug-likeness (QED) is 0.720. The molecule has 0 amide bonds. The minimum absolute atomic E-state index is 0.487. The molecule has 3 heteroatoms. The molecule has 100 valence electrons. The zero-order chi connectivity index (χ0) is 12.7. The lowest BCUT2D eigenvalue weighted by Crippen LogP contribution is -2.35. The maximum atomic E-state index is 4.69. The van der Waals surface area contributed by atoms with Crippen LogP contribution in [0.1, 0.15) is 66.2 Å². The second-order valence-corrected chi connectivity index (χ2v) is 6.77.